The van der Waals surface area contributed by atoms with Gasteiger partial charge in [0.15, 0.2) is 0 Å². The Morgan fingerprint density at radius 2 is 2.09 bits per heavy atom. The van der Waals surface area contributed by atoms with Crippen LogP contribution in [-0.4, -0.2) is 22.8 Å². The lowest BCUT2D eigenvalue weighted by Gasteiger charge is -2.17. The summed E-state index contributed by atoms with van der Waals surface area (Å²) in [6.07, 6.45) is 3.22. The number of aromatic nitrogens is 1. The lowest BCUT2D eigenvalue weighted by Crippen LogP contribution is -2.26. The molecule has 0 saturated heterocycles. The Bertz CT molecular complexity index is 654. The fourth-order valence-corrected chi connectivity index (χ4v) is 3.72. The van der Waals surface area contributed by atoms with E-state index in [1.165, 1.54) is 11.3 Å². The third kappa shape index (κ3) is 4.17. The van der Waals surface area contributed by atoms with Crippen molar-refractivity contribution in [3.63, 3.8) is 0 Å². The fourth-order valence-electron chi connectivity index (χ4n) is 2.21. The van der Waals surface area contributed by atoms with Gasteiger partial charge in [-0.15, -0.1) is 11.3 Å². The Morgan fingerprint density at radius 1 is 1.36 bits per heavy atom. The summed E-state index contributed by atoms with van der Waals surface area (Å²) in [7, 11) is 1.84. The van der Waals surface area contributed by atoms with Gasteiger partial charge >= 0.3 is 0 Å². The number of halogens is 1. The summed E-state index contributed by atoms with van der Waals surface area (Å²) >= 11 is 5.07. The van der Waals surface area contributed by atoms with Gasteiger partial charge in [-0.1, -0.05) is 47.5 Å². The highest BCUT2D eigenvalue weighted by Gasteiger charge is 2.19. The minimum atomic E-state index is 0.0495. The molecule has 0 N–H and O–H groups in total. The van der Waals surface area contributed by atoms with E-state index in [4.69, 9.17) is 0 Å². The number of hydrogen-bond acceptors (Lipinski definition) is 3. The van der Waals surface area contributed by atoms with Crippen molar-refractivity contribution in [2.75, 3.05) is 7.05 Å². The molecule has 5 heteroatoms. The van der Waals surface area contributed by atoms with Crippen LogP contribution < -0.4 is 0 Å². The Kier molecular flexibility index (Phi) is 6.15. The second-order valence-electron chi connectivity index (χ2n) is 5.38. The third-order valence-electron chi connectivity index (χ3n) is 3.49. The van der Waals surface area contributed by atoms with Gasteiger partial charge in [-0.2, -0.15) is 0 Å². The fraction of sp³-hybridized carbons (Fsp3) is 0.412. The van der Waals surface area contributed by atoms with Crippen molar-refractivity contribution in [3.05, 3.63) is 49.9 Å². The summed E-state index contributed by atoms with van der Waals surface area (Å²) < 4.78 is 1.03. The average molecular weight is 381 g/mol. The van der Waals surface area contributed by atoms with Crippen LogP contribution in [-0.2, 0) is 13.0 Å². The van der Waals surface area contributed by atoms with E-state index >= 15 is 0 Å². The van der Waals surface area contributed by atoms with Crippen LogP contribution in [0.15, 0.2) is 28.7 Å². The topological polar surface area (TPSA) is 33.2 Å². The lowest BCUT2D eigenvalue weighted by atomic mass is 10.2. The average Bonchev–Trinajstić information content (AvgIpc) is 2.87. The summed E-state index contributed by atoms with van der Waals surface area (Å²) in [6.45, 7) is 4.67. The van der Waals surface area contributed by atoms with Crippen LogP contribution in [0.2, 0.25) is 0 Å². The quantitative estimate of drug-likeness (QED) is 0.718. The molecule has 0 atom stereocenters. The number of benzene rings is 1. The minimum Gasteiger partial charge on any atom is -0.337 e. The molecule has 118 valence electrons. The number of thiazole rings is 1. The van der Waals surface area contributed by atoms with E-state index in [-0.39, 0.29) is 5.91 Å². The van der Waals surface area contributed by atoms with Gasteiger partial charge in [0.25, 0.3) is 5.91 Å². The zero-order chi connectivity index (χ0) is 16.1. The van der Waals surface area contributed by atoms with E-state index in [1.54, 1.807) is 4.90 Å². The standard InChI is InChI=1S/C17H21BrN2OS/c1-4-5-10-15-19-12(2)16(22-15)17(21)20(3)11-13-8-6-7-9-14(13)18/h6-9H,4-5,10-11H2,1-3H3. The lowest BCUT2D eigenvalue weighted by molar-refractivity contribution is 0.0788. The van der Waals surface area contributed by atoms with Crippen LogP contribution in [0.1, 0.15) is 45.7 Å². The SMILES string of the molecule is CCCCc1nc(C)c(C(=O)N(C)Cc2ccccc2Br)s1. The van der Waals surface area contributed by atoms with Crippen molar-refractivity contribution in [2.45, 2.75) is 39.7 Å². The number of rotatable bonds is 6. The van der Waals surface area contributed by atoms with Crippen molar-refractivity contribution in [1.82, 2.24) is 9.88 Å². The van der Waals surface area contributed by atoms with E-state index in [1.807, 2.05) is 38.2 Å². The molecule has 1 amide bonds. The van der Waals surface area contributed by atoms with Crippen molar-refractivity contribution in [2.24, 2.45) is 0 Å². The van der Waals surface area contributed by atoms with Crippen molar-refractivity contribution in [1.29, 1.82) is 0 Å². The molecule has 2 aromatic rings. The van der Waals surface area contributed by atoms with E-state index in [0.717, 1.165) is 44.9 Å². The van der Waals surface area contributed by atoms with E-state index in [0.29, 0.717) is 6.54 Å². The second kappa shape index (κ2) is 7.88. The van der Waals surface area contributed by atoms with Gasteiger partial charge in [-0.05, 0) is 31.4 Å². The van der Waals surface area contributed by atoms with Crippen LogP contribution >= 0.6 is 27.3 Å². The van der Waals surface area contributed by atoms with Gasteiger partial charge < -0.3 is 4.90 Å². The number of carbonyl (C=O) groups excluding carboxylic acids is 1. The van der Waals surface area contributed by atoms with Crippen LogP contribution in [0.25, 0.3) is 0 Å². The number of hydrogen-bond donors (Lipinski definition) is 0. The van der Waals surface area contributed by atoms with Crippen molar-refractivity contribution in [3.8, 4) is 0 Å². The maximum absolute atomic E-state index is 12.6. The van der Waals surface area contributed by atoms with Crippen molar-refractivity contribution >= 4 is 33.2 Å². The molecule has 1 aromatic heterocycles. The van der Waals surface area contributed by atoms with E-state index < -0.39 is 0 Å². The molecule has 0 unspecified atom stereocenters. The maximum atomic E-state index is 12.6. The van der Waals surface area contributed by atoms with Gasteiger partial charge in [-0.3, -0.25) is 4.79 Å². The first-order valence-electron chi connectivity index (χ1n) is 7.48. The normalized spacial score (nSPS) is 10.7. The van der Waals surface area contributed by atoms with Crippen molar-refractivity contribution < 1.29 is 4.79 Å². The molecule has 0 bridgehead atoms. The molecule has 3 nitrogen and oxygen atoms in total. The number of nitrogens with zero attached hydrogens (tertiary/aromatic N) is 2. The Labute approximate surface area is 144 Å². The Balaban J connectivity index is 2.10. The van der Waals surface area contributed by atoms with E-state index in [2.05, 4.69) is 27.8 Å². The number of amides is 1. The number of unbranched alkanes of at least 4 members (excludes halogenated alkanes) is 1. The molecule has 1 heterocycles. The highest BCUT2D eigenvalue weighted by atomic mass is 79.9. The first-order chi connectivity index (χ1) is 10.5. The smallest absolute Gasteiger partial charge is 0.265 e. The largest absolute Gasteiger partial charge is 0.337 e. The number of carbonyl (C=O) groups is 1. The van der Waals surface area contributed by atoms with Gasteiger partial charge in [0, 0.05) is 18.1 Å². The zero-order valence-electron chi connectivity index (χ0n) is 13.2. The molecule has 1 aromatic carbocycles. The predicted molar refractivity (Wildman–Crippen MR) is 95.4 cm³/mol. The Hall–Kier alpha value is -1.20. The van der Waals surface area contributed by atoms with Gasteiger partial charge in [-0.25, -0.2) is 4.98 Å². The summed E-state index contributed by atoms with van der Waals surface area (Å²) in [5.74, 6) is 0.0495. The monoisotopic (exact) mass is 380 g/mol. The molecule has 22 heavy (non-hydrogen) atoms. The maximum Gasteiger partial charge on any atom is 0.265 e. The molecule has 0 fully saturated rings. The van der Waals surface area contributed by atoms with Crippen LogP contribution in [0.4, 0.5) is 0 Å². The van der Waals surface area contributed by atoms with Gasteiger partial charge in [0.05, 0.1) is 10.7 Å². The second-order valence-corrected chi connectivity index (χ2v) is 7.32. The summed E-state index contributed by atoms with van der Waals surface area (Å²) in [4.78, 5) is 19.7. The molecule has 0 aliphatic rings. The van der Waals surface area contributed by atoms with Gasteiger partial charge in [0.1, 0.15) is 4.88 Å². The highest BCUT2D eigenvalue weighted by molar-refractivity contribution is 9.10. The first kappa shape index (κ1) is 17.2. The summed E-state index contributed by atoms with van der Waals surface area (Å²) in [6, 6.07) is 7.98. The predicted octanol–water partition coefficient (Wildman–Crippen LogP) is 4.83. The number of aryl methyl sites for hydroxylation is 2. The highest BCUT2D eigenvalue weighted by Crippen LogP contribution is 2.23. The summed E-state index contributed by atoms with van der Waals surface area (Å²) in [5.41, 5.74) is 1.95. The molecule has 0 radical (unpaired) electrons. The van der Waals surface area contributed by atoms with Crippen LogP contribution in [0, 0.1) is 6.92 Å². The molecule has 2 rings (SSSR count). The van der Waals surface area contributed by atoms with Gasteiger partial charge in [0.2, 0.25) is 0 Å². The molecular weight excluding hydrogens is 360 g/mol. The molecular formula is C17H21BrN2OS. The molecule has 0 spiro atoms. The third-order valence-corrected chi connectivity index (χ3v) is 5.47. The van der Waals surface area contributed by atoms with Crippen LogP contribution in [0.5, 0.6) is 0 Å². The molecule has 0 aliphatic heterocycles. The zero-order valence-corrected chi connectivity index (χ0v) is 15.6. The van der Waals surface area contributed by atoms with Crippen LogP contribution in [0.3, 0.4) is 0 Å². The summed E-state index contributed by atoms with van der Waals surface area (Å²) in [5, 5.41) is 1.07. The molecule has 0 aliphatic carbocycles. The Morgan fingerprint density at radius 3 is 2.77 bits per heavy atom. The first-order valence-corrected chi connectivity index (χ1v) is 9.09. The molecule has 0 saturated carbocycles. The minimum absolute atomic E-state index is 0.0495. The van der Waals surface area contributed by atoms with E-state index in [9.17, 15) is 4.79 Å².